The van der Waals surface area contributed by atoms with Crippen LogP contribution in [-0.2, 0) is 6.54 Å². The van der Waals surface area contributed by atoms with E-state index in [-0.39, 0.29) is 0 Å². The van der Waals surface area contributed by atoms with Crippen molar-refractivity contribution < 1.29 is 9.90 Å². The highest BCUT2D eigenvalue weighted by atomic mass is 32.2. The van der Waals surface area contributed by atoms with E-state index in [9.17, 15) is 9.90 Å². The summed E-state index contributed by atoms with van der Waals surface area (Å²) in [5.41, 5.74) is 4.90. The van der Waals surface area contributed by atoms with E-state index in [0.717, 1.165) is 41.0 Å². The standard InChI is InChI=1S/C23H22N2O2S/c1-3-25-13-16(12-15-8-10-17(28-2)11-9-15)22-19(14-25)21(23(26)27)18-6-4-5-7-20(18)24-22/h4-12H,3,13-14H2,1-2H3,(H,26,27)/b16-12-. The second-order valence-electron chi connectivity index (χ2n) is 6.88. The molecule has 0 spiro atoms. The van der Waals surface area contributed by atoms with Crippen LogP contribution in [0, 0.1) is 0 Å². The second-order valence-corrected chi connectivity index (χ2v) is 7.76. The van der Waals surface area contributed by atoms with Crippen LogP contribution in [0.25, 0.3) is 22.6 Å². The van der Waals surface area contributed by atoms with Gasteiger partial charge in [-0.25, -0.2) is 9.78 Å². The van der Waals surface area contributed by atoms with Crippen LogP contribution in [0.5, 0.6) is 0 Å². The van der Waals surface area contributed by atoms with Crippen LogP contribution < -0.4 is 0 Å². The lowest BCUT2D eigenvalue weighted by Crippen LogP contribution is -2.31. The van der Waals surface area contributed by atoms with Gasteiger partial charge in [0.1, 0.15) is 0 Å². The molecule has 1 aromatic heterocycles. The fraction of sp³-hybridized carbons (Fsp3) is 0.217. The first-order valence-corrected chi connectivity index (χ1v) is 10.6. The van der Waals surface area contributed by atoms with Crippen LogP contribution in [0.2, 0.25) is 0 Å². The molecule has 2 aromatic carbocycles. The minimum Gasteiger partial charge on any atom is -0.478 e. The Bertz CT molecular complexity index is 1070. The summed E-state index contributed by atoms with van der Waals surface area (Å²) in [7, 11) is 0. The average Bonchev–Trinajstić information content (AvgIpc) is 2.72. The zero-order valence-electron chi connectivity index (χ0n) is 16.0. The van der Waals surface area contributed by atoms with Gasteiger partial charge in [-0.1, -0.05) is 37.3 Å². The van der Waals surface area contributed by atoms with Crippen LogP contribution in [0.15, 0.2) is 53.4 Å². The maximum Gasteiger partial charge on any atom is 0.336 e. The molecule has 142 valence electrons. The van der Waals surface area contributed by atoms with Gasteiger partial charge >= 0.3 is 5.97 Å². The second kappa shape index (κ2) is 7.78. The fourth-order valence-corrected chi connectivity index (χ4v) is 4.16. The lowest BCUT2D eigenvalue weighted by Gasteiger charge is -2.30. The number of carboxylic acids is 1. The Hall–Kier alpha value is -2.63. The van der Waals surface area contributed by atoms with Crippen molar-refractivity contribution in [1.82, 2.24) is 9.88 Å². The molecule has 4 rings (SSSR count). The molecule has 3 aromatic rings. The maximum atomic E-state index is 12.1. The molecule has 28 heavy (non-hydrogen) atoms. The zero-order valence-corrected chi connectivity index (χ0v) is 16.8. The predicted octanol–water partition coefficient (Wildman–Crippen LogP) is 5.03. The quantitative estimate of drug-likeness (QED) is 0.633. The van der Waals surface area contributed by atoms with Crippen LogP contribution >= 0.6 is 11.8 Å². The summed E-state index contributed by atoms with van der Waals surface area (Å²) in [6, 6.07) is 15.9. The van der Waals surface area contributed by atoms with Crippen molar-refractivity contribution in [1.29, 1.82) is 0 Å². The van der Waals surface area contributed by atoms with Crippen molar-refractivity contribution in [3.63, 3.8) is 0 Å². The number of benzene rings is 2. The molecular weight excluding hydrogens is 368 g/mol. The van der Waals surface area contributed by atoms with Crippen molar-refractivity contribution >= 4 is 40.3 Å². The number of pyridine rings is 1. The van der Waals surface area contributed by atoms with Crippen LogP contribution in [0.3, 0.4) is 0 Å². The number of hydrogen-bond donors (Lipinski definition) is 1. The minimum absolute atomic E-state index is 0.377. The molecule has 0 radical (unpaired) electrons. The minimum atomic E-state index is -0.892. The number of rotatable bonds is 4. The maximum absolute atomic E-state index is 12.1. The summed E-state index contributed by atoms with van der Waals surface area (Å²) in [5.74, 6) is -0.892. The Morgan fingerprint density at radius 3 is 2.61 bits per heavy atom. The number of nitrogens with zero attached hydrogens (tertiary/aromatic N) is 2. The summed E-state index contributed by atoms with van der Waals surface area (Å²) >= 11 is 1.72. The van der Waals surface area contributed by atoms with Gasteiger partial charge in [0.25, 0.3) is 0 Å². The molecule has 1 N–H and O–H groups in total. The first-order valence-electron chi connectivity index (χ1n) is 9.33. The molecule has 0 atom stereocenters. The largest absolute Gasteiger partial charge is 0.478 e. The van der Waals surface area contributed by atoms with Crippen molar-refractivity contribution in [3.05, 3.63) is 70.9 Å². The third-order valence-electron chi connectivity index (χ3n) is 5.19. The fourth-order valence-electron chi connectivity index (χ4n) is 3.75. The summed E-state index contributed by atoms with van der Waals surface area (Å²) < 4.78 is 0. The van der Waals surface area contributed by atoms with Crippen molar-refractivity contribution in [2.75, 3.05) is 19.3 Å². The van der Waals surface area contributed by atoms with Crippen molar-refractivity contribution in [3.8, 4) is 0 Å². The van der Waals surface area contributed by atoms with Crippen LogP contribution in [0.4, 0.5) is 0 Å². The van der Waals surface area contributed by atoms with Crippen LogP contribution in [-0.4, -0.2) is 40.3 Å². The number of thioether (sulfide) groups is 1. The van der Waals surface area contributed by atoms with E-state index >= 15 is 0 Å². The Labute approximate surface area is 168 Å². The number of aromatic carboxylic acids is 1. The predicted molar refractivity (Wildman–Crippen MR) is 116 cm³/mol. The highest BCUT2D eigenvalue weighted by Gasteiger charge is 2.27. The molecule has 0 amide bonds. The zero-order chi connectivity index (χ0) is 19.7. The molecule has 4 nitrogen and oxygen atoms in total. The van der Waals surface area contributed by atoms with E-state index in [1.165, 1.54) is 4.90 Å². The number of hydrogen-bond acceptors (Lipinski definition) is 4. The van der Waals surface area contributed by atoms with Gasteiger partial charge < -0.3 is 5.11 Å². The topological polar surface area (TPSA) is 53.4 Å². The molecule has 0 bridgehead atoms. The van der Waals surface area contributed by atoms with Gasteiger partial charge in [-0.2, -0.15) is 0 Å². The Balaban J connectivity index is 1.93. The highest BCUT2D eigenvalue weighted by Crippen LogP contribution is 2.34. The molecule has 0 unspecified atom stereocenters. The summed E-state index contributed by atoms with van der Waals surface area (Å²) in [5, 5.41) is 10.7. The molecular formula is C23H22N2O2S. The molecule has 1 aliphatic heterocycles. The van der Waals surface area contributed by atoms with Gasteiger partial charge in [-0.15, -0.1) is 11.8 Å². The SMILES string of the molecule is CCN1C/C(=C/c2ccc(SC)cc2)c2nc3ccccc3c(C(=O)O)c2C1. The Morgan fingerprint density at radius 2 is 1.93 bits per heavy atom. The van der Waals surface area contributed by atoms with E-state index < -0.39 is 5.97 Å². The van der Waals surface area contributed by atoms with Gasteiger partial charge in [-0.05, 0) is 48.2 Å². The number of carboxylic acid groups (broad SMARTS) is 1. The molecule has 5 heteroatoms. The molecule has 0 aliphatic carbocycles. The number of aromatic nitrogens is 1. The van der Waals surface area contributed by atoms with E-state index in [1.807, 2.05) is 24.3 Å². The number of likely N-dealkylation sites (N-methyl/N-ethyl adjacent to an activating group) is 1. The monoisotopic (exact) mass is 390 g/mol. The summed E-state index contributed by atoms with van der Waals surface area (Å²) in [4.78, 5) is 20.5. The van der Waals surface area contributed by atoms with Gasteiger partial charge in [0.2, 0.25) is 0 Å². The Morgan fingerprint density at radius 1 is 1.18 bits per heavy atom. The summed E-state index contributed by atoms with van der Waals surface area (Å²) in [6.45, 7) is 4.32. The van der Waals surface area contributed by atoms with Gasteiger partial charge in [0, 0.05) is 28.9 Å². The number of fused-ring (bicyclic) bond motifs is 2. The van der Waals surface area contributed by atoms with E-state index in [2.05, 4.69) is 48.4 Å². The average molecular weight is 391 g/mol. The molecule has 1 aliphatic rings. The first kappa shape index (κ1) is 18.7. The Kier molecular flexibility index (Phi) is 5.20. The van der Waals surface area contributed by atoms with Gasteiger partial charge in [0.05, 0.1) is 16.8 Å². The lowest BCUT2D eigenvalue weighted by molar-refractivity contribution is 0.0696. The van der Waals surface area contributed by atoms with Crippen molar-refractivity contribution in [2.24, 2.45) is 0 Å². The lowest BCUT2D eigenvalue weighted by atomic mass is 9.92. The van der Waals surface area contributed by atoms with Crippen molar-refractivity contribution in [2.45, 2.75) is 18.4 Å². The number of carbonyl (C=O) groups is 1. The van der Waals surface area contributed by atoms with E-state index in [1.54, 1.807) is 11.8 Å². The number of para-hydroxylation sites is 1. The third kappa shape index (κ3) is 3.43. The molecule has 0 fully saturated rings. The van der Waals surface area contributed by atoms with Gasteiger partial charge in [0.15, 0.2) is 0 Å². The van der Waals surface area contributed by atoms with E-state index in [0.29, 0.717) is 17.5 Å². The summed E-state index contributed by atoms with van der Waals surface area (Å²) in [6.07, 6.45) is 4.20. The third-order valence-corrected chi connectivity index (χ3v) is 5.93. The molecule has 2 heterocycles. The first-order chi connectivity index (χ1) is 13.6. The van der Waals surface area contributed by atoms with Crippen LogP contribution in [0.1, 0.15) is 34.1 Å². The highest BCUT2D eigenvalue weighted by molar-refractivity contribution is 7.98. The smallest absolute Gasteiger partial charge is 0.336 e. The molecule has 0 saturated heterocycles. The normalized spacial score (nSPS) is 15.7. The molecule has 0 saturated carbocycles. The van der Waals surface area contributed by atoms with E-state index in [4.69, 9.17) is 4.98 Å². The van der Waals surface area contributed by atoms with Gasteiger partial charge in [-0.3, -0.25) is 4.90 Å².